The molecule has 0 aliphatic carbocycles. The minimum Gasteiger partial charge on any atom is -0.366 e. The van der Waals surface area contributed by atoms with Crippen molar-refractivity contribution < 1.29 is 4.39 Å². The third-order valence-corrected chi connectivity index (χ3v) is 4.15. The highest BCUT2D eigenvalue weighted by molar-refractivity contribution is 5.55. The smallest absolute Gasteiger partial charge is 0.146 e. The highest BCUT2D eigenvalue weighted by atomic mass is 19.1. The molecule has 0 spiro atoms. The van der Waals surface area contributed by atoms with Crippen LogP contribution in [-0.4, -0.2) is 19.1 Å². The van der Waals surface area contributed by atoms with Gasteiger partial charge in [-0.25, -0.2) is 4.39 Å². The number of halogens is 1. The summed E-state index contributed by atoms with van der Waals surface area (Å²) in [5, 5.41) is 3.40. The number of nitrogens with one attached hydrogen (secondary N) is 1. The molecule has 3 heteroatoms. The standard InChI is InChI=1S/C17H27FN2/c1-3-11-19-13-15-9-7-10-16(18)17(15)20-12-6-4-5-8-14(20)2/h7,9-10,14,19H,3-6,8,11-13H2,1-2H3. The molecule has 1 aromatic rings. The lowest BCUT2D eigenvalue weighted by Crippen LogP contribution is -2.34. The number of nitrogens with zero attached hydrogens (tertiary/aromatic N) is 1. The van der Waals surface area contributed by atoms with Crippen molar-refractivity contribution >= 4 is 5.69 Å². The normalized spacial score (nSPS) is 19.9. The fourth-order valence-corrected chi connectivity index (χ4v) is 3.03. The van der Waals surface area contributed by atoms with E-state index in [0.717, 1.165) is 43.7 Å². The van der Waals surface area contributed by atoms with Crippen LogP contribution in [0.25, 0.3) is 0 Å². The zero-order valence-electron chi connectivity index (χ0n) is 12.8. The molecule has 1 aliphatic rings. The fraction of sp³-hybridized carbons (Fsp3) is 0.647. The second kappa shape index (κ2) is 7.63. The summed E-state index contributed by atoms with van der Waals surface area (Å²) in [4.78, 5) is 2.28. The van der Waals surface area contributed by atoms with E-state index in [0.29, 0.717) is 6.04 Å². The molecule has 1 aromatic carbocycles. The van der Waals surface area contributed by atoms with E-state index in [9.17, 15) is 4.39 Å². The second-order valence-electron chi connectivity index (χ2n) is 5.82. The largest absolute Gasteiger partial charge is 0.366 e. The van der Waals surface area contributed by atoms with E-state index in [2.05, 4.69) is 30.1 Å². The lowest BCUT2D eigenvalue weighted by Gasteiger charge is -2.31. The Balaban J connectivity index is 2.23. The van der Waals surface area contributed by atoms with Crippen LogP contribution in [0.2, 0.25) is 0 Å². The van der Waals surface area contributed by atoms with Gasteiger partial charge in [0.25, 0.3) is 0 Å². The van der Waals surface area contributed by atoms with Gasteiger partial charge in [-0.1, -0.05) is 31.9 Å². The molecule has 1 aliphatic heterocycles. The number of para-hydroxylation sites is 1. The van der Waals surface area contributed by atoms with E-state index in [1.54, 1.807) is 6.07 Å². The van der Waals surface area contributed by atoms with Crippen LogP contribution in [0.1, 0.15) is 51.5 Å². The molecule has 1 N–H and O–H groups in total. The first-order valence-corrected chi connectivity index (χ1v) is 7.98. The van der Waals surface area contributed by atoms with Crippen molar-refractivity contribution in [2.24, 2.45) is 0 Å². The van der Waals surface area contributed by atoms with Crippen LogP contribution in [0, 0.1) is 5.82 Å². The fourth-order valence-electron chi connectivity index (χ4n) is 3.03. The average molecular weight is 278 g/mol. The van der Waals surface area contributed by atoms with Crippen molar-refractivity contribution in [3.63, 3.8) is 0 Å². The van der Waals surface area contributed by atoms with E-state index in [1.807, 2.05) is 6.07 Å². The van der Waals surface area contributed by atoms with Gasteiger partial charge in [0.2, 0.25) is 0 Å². The minimum atomic E-state index is -0.0745. The van der Waals surface area contributed by atoms with Crippen molar-refractivity contribution in [1.29, 1.82) is 0 Å². The number of hydrogen-bond donors (Lipinski definition) is 1. The Kier molecular flexibility index (Phi) is 5.84. The maximum atomic E-state index is 14.4. The average Bonchev–Trinajstić information content (AvgIpc) is 2.64. The summed E-state index contributed by atoms with van der Waals surface area (Å²) >= 11 is 0. The first-order valence-electron chi connectivity index (χ1n) is 7.98. The number of anilines is 1. The topological polar surface area (TPSA) is 15.3 Å². The zero-order valence-corrected chi connectivity index (χ0v) is 12.8. The second-order valence-corrected chi connectivity index (χ2v) is 5.82. The van der Waals surface area contributed by atoms with Crippen LogP contribution in [0.4, 0.5) is 10.1 Å². The zero-order chi connectivity index (χ0) is 14.4. The third-order valence-electron chi connectivity index (χ3n) is 4.15. The maximum Gasteiger partial charge on any atom is 0.146 e. The van der Waals surface area contributed by atoms with Crippen molar-refractivity contribution in [3.8, 4) is 0 Å². The molecule has 2 rings (SSSR count). The Morgan fingerprint density at radius 2 is 2.15 bits per heavy atom. The summed E-state index contributed by atoms with van der Waals surface area (Å²) in [7, 11) is 0. The van der Waals surface area contributed by atoms with Gasteiger partial charge in [0.15, 0.2) is 0 Å². The molecule has 1 heterocycles. The van der Waals surface area contributed by atoms with Crippen LogP contribution in [0.3, 0.4) is 0 Å². The SMILES string of the molecule is CCCNCc1cccc(F)c1N1CCCCCC1C. The van der Waals surface area contributed by atoms with Gasteiger partial charge in [0.1, 0.15) is 5.82 Å². The van der Waals surface area contributed by atoms with Crippen LogP contribution in [0.15, 0.2) is 18.2 Å². The van der Waals surface area contributed by atoms with Gasteiger partial charge in [0.05, 0.1) is 5.69 Å². The van der Waals surface area contributed by atoms with E-state index in [1.165, 1.54) is 19.3 Å². The highest BCUT2D eigenvalue weighted by Crippen LogP contribution is 2.30. The van der Waals surface area contributed by atoms with Crippen molar-refractivity contribution in [1.82, 2.24) is 5.32 Å². The van der Waals surface area contributed by atoms with E-state index in [4.69, 9.17) is 0 Å². The van der Waals surface area contributed by atoms with Crippen LogP contribution < -0.4 is 10.2 Å². The van der Waals surface area contributed by atoms with Gasteiger partial charge in [-0.3, -0.25) is 0 Å². The first kappa shape index (κ1) is 15.3. The molecule has 2 nitrogen and oxygen atoms in total. The third kappa shape index (κ3) is 3.72. The molecule has 0 saturated carbocycles. The Morgan fingerprint density at radius 1 is 1.30 bits per heavy atom. The number of hydrogen-bond acceptors (Lipinski definition) is 2. The maximum absolute atomic E-state index is 14.4. The quantitative estimate of drug-likeness (QED) is 0.816. The van der Waals surface area contributed by atoms with Gasteiger partial charge in [-0.15, -0.1) is 0 Å². The van der Waals surface area contributed by atoms with Crippen LogP contribution >= 0.6 is 0 Å². The molecule has 112 valence electrons. The molecule has 1 atom stereocenters. The van der Waals surface area contributed by atoms with Gasteiger partial charge in [0, 0.05) is 19.1 Å². The number of rotatable bonds is 5. The molecule has 0 aromatic heterocycles. The molecule has 0 amide bonds. The number of benzene rings is 1. The van der Waals surface area contributed by atoms with Gasteiger partial charge >= 0.3 is 0 Å². The summed E-state index contributed by atoms with van der Waals surface area (Å²) in [5.74, 6) is -0.0745. The Bertz CT molecular complexity index is 419. The van der Waals surface area contributed by atoms with Crippen molar-refractivity contribution in [2.75, 3.05) is 18.0 Å². The van der Waals surface area contributed by atoms with Gasteiger partial charge in [-0.05, 0) is 44.4 Å². The van der Waals surface area contributed by atoms with Gasteiger partial charge in [-0.2, -0.15) is 0 Å². The summed E-state index contributed by atoms with van der Waals surface area (Å²) in [6.07, 6.45) is 5.95. The van der Waals surface area contributed by atoms with Crippen molar-refractivity contribution in [2.45, 2.75) is 58.5 Å². The molecule has 1 unspecified atom stereocenters. The van der Waals surface area contributed by atoms with E-state index in [-0.39, 0.29) is 5.82 Å². The lowest BCUT2D eigenvalue weighted by atomic mass is 10.1. The molecule has 0 bridgehead atoms. The van der Waals surface area contributed by atoms with E-state index >= 15 is 0 Å². The van der Waals surface area contributed by atoms with Crippen LogP contribution in [-0.2, 0) is 6.54 Å². The Morgan fingerprint density at radius 3 is 2.95 bits per heavy atom. The molecule has 1 saturated heterocycles. The minimum absolute atomic E-state index is 0.0745. The Labute approximate surface area is 122 Å². The summed E-state index contributed by atoms with van der Waals surface area (Å²) in [6, 6.07) is 5.90. The van der Waals surface area contributed by atoms with E-state index < -0.39 is 0 Å². The molecular formula is C17H27FN2. The summed E-state index contributed by atoms with van der Waals surface area (Å²) in [6.45, 7) is 7.08. The highest BCUT2D eigenvalue weighted by Gasteiger charge is 2.22. The molecule has 1 fully saturated rings. The summed E-state index contributed by atoms with van der Waals surface area (Å²) < 4.78 is 14.4. The Hall–Kier alpha value is -1.09. The summed E-state index contributed by atoms with van der Waals surface area (Å²) in [5.41, 5.74) is 1.91. The predicted octanol–water partition coefficient (Wildman–Crippen LogP) is 4.09. The van der Waals surface area contributed by atoms with Crippen molar-refractivity contribution in [3.05, 3.63) is 29.6 Å². The molecule has 20 heavy (non-hydrogen) atoms. The predicted molar refractivity (Wildman–Crippen MR) is 83.7 cm³/mol. The monoisotopic (exact) mass is 278 g/mol. The van der Waals surface area contributed by atoms with Crippen LogP contribution in [0.5, 0.6) is 0 Å². The molecular weight excluding hydrogens is 251 g/mol. The molecule has 0 radical (unpaired) electrons. The lowest BCUT2D eigenvalue weighted by molar-refractivity contribution is 0.573. The first-order chi connectivity index (χ1) is 9.74. The van der Waals surface area contributed by atoms with Gasteiger partial charge < -0.3 is 10.2 Å².